The number of halogens is 1. The van der Waals surface area contributed by atoms with Gasteiger partial charge in [0.25, 0.3) is 0 Å². The molecule has 0 fully saturated rings. The minimum atomic E-state index is -0.831. The number of nitrogens with one attached hydrogen (secondary N) is 2. The first-order chi connectivity index (χ1) is 15.0. The molecule has 4 rings (SSSR count). The summed E-state index contributed by atoms with van der Waals surface area (Å²) in [6.45, 7) is 3.92. The Morgan fingerprint density at radius 2 is 2.06 bits per heavy atom. The van der Waals surface area contributed by atoms with Crippen molar-refractivity contribution in [2.24, 2.45) is 0 Å². The summed E-state index contributed by atoms with van der Waals surface area (Å²) in [6, 6.07) is 4.99. The number of anilines is 1. The van der Waals surface area contributed by atoms with E-state index in [0.29, 0.717) is 34.7 Å². The second kappa shape index (κ2) is 8.47. The van der Waals surface area contributed by atoms with Gasteiger partial charge in [0.05, 0.1) is 29.8 Å². The first-order valence-corrected chi connectivity index (χ1v) is 9.73. The van der Waals surface area contributed by atoms with Crippen LogP contribution in [0.4, 0.5) is 10.2 Å². The van der Waals surface area contributed by atoms with Gasteiger partial charge in [-0.05, 0) is 37.6 Å². The number of H-pyrrole nitrogens is 1. The highest BCUT2D eigenvalue weighted by Gasteiger charge is 2.22. The average Bonchev–Trinajstić information content (AvgIpc) is 3.18. The van der Waals surface area contributed by atoms with E-state index in [1.165, 1.54) is 18.6 Å². The number of methoxy groups -OCH3 is 1. The van der Waals surface area contributed by atoms with Gasteiger partial charge in [0, 0.05) is 30.6 Å². The SMILES string of the molecule is COc1cncc(Cc2ccc(C(=O)c3c[nH]c4ncnc(NC(C)C)c34)c(F)n2)c1. The lowest BCUT2D eigenvalue weighted by molar-refractivity contribution is 0.103. The van der Waals surface area contributed by atoms with Crippen LogP contribution in [0.25, 0.3) is 11.0 Å². The Morgan fingerprint density at radius 3 is 2.81 bits per heavy atom. The lowest BCUT2D eigenvalue weighted by Gasteiger charge is -2.11. The van der Waals surface area contributed by atoms with Crippen LogP contribution in [0, 0.1) is 5.95 Å². The highest BCUT2D eigenvalue weighted by molar-refractivity contribution is 6.18. The van der Waals surface area contributed by atoms with Gasteiger partial charge in [0.1, 0.15) is 23.5 Å². The fourth-order valence-electron chi connectivity index (χ4n) is 3.29. The summed E-state index contributed by atoms with van der Waals surface area (Å²) >= 11 is 0. The van der Waals surface area contributed by atoms with Crippen LogP contribution in [0.15, 0.2) is 43.1 Å². The molecule has 2 N–H and O–H groups in total. The molecule has 0 aliphatic heterocycles. The van der Waals surface area contributed by atoms with E-state index in [2.05, 4.69) is 30.2 Å². The maximum Gasteiger partial charge on any atom is 0.224 e. The molecule has 9 heteroatoms. The zero-order valence-corrected chi connectivity index (χ0v) is 17.3. The number of hydrogen-bond acceptors (Lipinski definition) is 7. The zero-order valence-electron chi connectivity index (χ0n) is 17.3. The number of pyridine rings is 2. The monoisotopic (exact) mass is 420 g/mol. The summed E-state index contributed by atoms with van der Waals surface area (Å²) in [4.78, 5) is 32.6. The third-order valence-corrected chi connectivity index (χ3v) is 4.68. The normalized spacial score (nSPS) is 11.1. The molecule has 0 unspecified atom stereocenters. The minimum Gasteiger partial charge on any atom is -0.495 e. The fourth-order valence-corrected chi connectivity index (χ4v) is 3.29. The smallest absolute Gasteiger partial charge is 0.224 e. The second-order valence-corrected chi connectivity index (χ2v) is 7.33. The molecule has 31 heavy (non-hydrogen) atoms. The number of carbonyl (C=O) groups is 1. The van der Waals surface area contributed by atoms with Crippen molar-refractivity contribution in [3.63, 3.8) is 0 Å². The summed E-state index contributed by atoms with van der Waals surface area (Å²) in [5.74, 6) is -0.201. The summed E-state index contributed by atoms with van der Waals surface area (Å²) in [7, 11) is 1.55. The van der Waals surface area contributed by atoms with Crippen molar-refractivity contribution in [2.75, 3.05) is 12.4 Å². The Morgan fingerprint density at radius 1 is 1.23 bits per heavy atom. The number of carbonyl (C=O) groups excluding carboxylic acids is 1. The molecule has 4 heterocycles. The third-order valence-electron chi connectivity index (χ3n) is 4.68. The predicted molar refractivity (Wildman–Crippen MR) is 114 cm³/mol. The van der Waals surface area contributed by atoms with Gasteiger partial charge in [-0.15, -0.1) is 0 Å². The van der Waals surface area contributed by atoms with Gasteiger partial charge >= 0.3 is 0 Å². The standard InChI is InChI=1S/C22H21FN6O2/c1-12(2)28-22-18-17(10-25-21(18)26-11-27-22)19(30)16-5-4-14(29-20(16)23)6-13-7-15(31-3)9-24-8-13/h4-5,7-12H,6H2,1-3H3,(H2,25,26,27,28). The Labute approximate surface area is 177 Å². The van der Waals surface area contributed by atoms with Gasteiger partial charge in [0.2, 0.25) is 5.95 Å². The lowest BCUT2D eigenvalue weighted by Crippen LogP contribution is -2.13. The van der Waals surface area contributed by atoms with Crippen molar-refractivity contribution < 1.29 is 13.9 Å². The highest BCUT2D eigenvalue weighted by Crippen LogP contribution is 2.26. The molecule has 4 aromatic heterocycles. The number of aromatic nitrogens is 5. The Bertz CT molecular complexity index is 1250. The molecule has 0 bridgehead atoms. The number of ether oxygens (including phenoxy) is 1. The molecule has 158 valence electrons. The second-order valence-electron chi connectivity index (χ2n) is 7.33. The van der Waals surface area contributed by atoms with E-state index >= 15 is 0 Å². The summed E-state index contributed by atoms with van der Waals surface area (Å²) in [5.41, 5.74) is 1.96. The molecule has 0 atom stereocenters. The Hall–Kier alpha value is -3.88. The van der Waals surface area contributed by atoms with E-state index < -0.39 is 11.7 Å². The van der Waals surface area contributed by atoms with E-state index in [0.717, 1.165) is 5.56 Å². The van der Waals surface area contributed by atoms with Crippen molar-refractivity contribution in [3.8, 4) is 5.75 Å². The first-order valence-electron chi connectivity index (χ1n) is 9.73. The first kappa shape index (κ1) is 20.4. The molecule has 8 nitrogen and oxygen atoms in total. The fraction of sp³-hybridized carbons (Fsp3) is 0.227. The topological polar surface area (TPSA) is 106 Å². The molecule has 0 saturated carbocycles. The third kappa shape index (κ3) is 4.20. The van der Waals surface area contributed by atoms with Crippen LogP contribution in [-0.2, 0) is 6.42 Å². The van der Waals surface area contributed by atoms with Crippen LogP contribution in [-0.4, -0.2) is 43.9 Å². The molecule has 0 aliphatic rings. The van der Waals surface area contributed by atoms with Crippen molar-refractivity contribution >= 4 is 22.6 Å². The average molecular weight is 420 g/mol. The van der Waals surface area contributed by atoms with Gasteiger partial charge in [-0.1, -0.05) is 0 Å². The molecule has 0 spiro atoms. The number of fused-ring (bicyclic) bond motifs is 1. The maximum atomic E-state index is 14.8. The van der Waals surface area contributed by atoms with Crippen LogP contribution >= 0.6 is 0 Å². The minimum absolute atomic E-state index is 0.0970. The predicted octanol–water partition coefficient (Wildman–Crippen LogP) is 3.54. The van der Waals surface area contributed by atoms with E-state index in [1.54, 1.807) is 31.6 Å². The number of hydrogen-bond donors (Lipinski definition) is 2. The van der Waals surface area contributed by atoms with Crippen molar-refractivity contribution in [1.29, 1.82) is 0 Å². The Kier molecular flexibility index (Phi) is 5.57. The van der Waals surface area contributed by atoms with Crippen LogP contribution in [0.1, 0.15) is 41.0 Å². The molecular formula is C22H21FN6O2. The largest absolute Gasteiger partial charge is 0.495 e. The van der Waals surface area contributed by atoms with E-state index in [4.69, 9.17) is 4.74 Å². The number of nitrogens with zero attached hydrogens (tertiary/aromatic N) is 4. The van der Waals surface area contributed by atoms with Gasteiger partial charge in [-0.25, -0.2) is 15.0 Å². The highest BCUT2D eigenvalue weighted by atomic mass is 19.1. The van der Waals surface area contributed by atoms with Crippen LogP contribution in [0.2, 0.25) is 0 Å². The van der Waals surface area contributed by atoms with Crippen molar-refractivity contribution in [2.45, 2.75) is 26.3 Å². The Balaban J connectivity index is 1.65. The quantitative estimate of drug-likeness (QED) is 0.348. The van der Waals surface area contributed by atoms with Crippen LogP contribution in [0.5, 0.6) is 5.75 Å². The van der Waals surface area contributed by atoms with Gasteiger partial charge in [0.15, 0.2) is 5.78 Å². The van der Waals surface area contributed by atoms with E-state index in [9.17, 15) is 9.18 Å². The molecule has 0 aliphatic carbocycles. The molecule has 0 saturated heterocycles. The van der Waals surface area contributed by atoms with Gasteiger partial charge in [-0.3, -0.25) is 9.78 Å². The van der Waals surface area contributed by atoms with Crippen molar-refractivity contribution in [1.82, 2.24) is 24.9 Å². The maximum absolute atomic E-state index is 14.8. The summed E-state index contributed by atoms with van der Waals surface area (Å²) in [5, 5.41) is 3.71. The van der Waals surface area contributed by atoms with Gasteiger partial charge in [-0.2, -0.15) is 4.39 Å². The number of aromatic amines is 1. The van der Waals surface area contributed by atoms with E-state index in [-0.39, 0.29) is 17.2 Å². The molecule has 0 amide bonds. The molecule has 4 aromatic rings. The summed E-state index contributed by atoms with van der Waals surface area (Å²) < 4.78 is 20.0. The van der Waals surface area contributed by atoms with Crippen LogP contribution < -0.4 is 10.1 Å². The summed E-state index contributed by atoms with van der Waals surface area (Å²) in [6.07, 6.45) is 6.53. The van der Waals surface area contributed by atoms with E-state index in [1.807, 2.05) is 13.8 Å². The molecular weight excluding hydrogens is 399 g/mol. The number of ketones is 1. The zero-order chi connectivity index (χ0) is 22.0. The van der Waals surface area contributed by atoms with Crippen molar-refractivity contribution in [3.05, 3.63) is 71.4 Å². The van der Waals surface area contributed by atoms with Crippen LogP contribution in [0.3, 0.4) is 0 Å². The lowest BCUT2D eigenvalue weighted by atomic mass is 10.0. The molecule has 0 radical (unpaired) electrons. The number of rotatable bonds is 7. The van der Waals surface area contributed by atoms with Gasteiger partial charge < -0.3 is 15.0 Å². The molecule has 0 aromatic carbocycles.